The summed E-state index contributed by atoms with van der Waals surface area (Å²) in [6, 6.07) is 6.25. The zero-order valence-electron chi connectivity index (χ0n) is 15.2. The molecule has 1 aromatic heterocycles. The van der Waals surface area contributed by atoms with Crippen LogP contribution in [0, 0.1) is 18.8 Å². The van der Waals surface area contributed by atoms with Crippen LogP contribution in [0.4, 0.5) is 4.79 Å². The molecule has 24 heavy (non-hydrogen) atoms. The van der Waals surface area contributed by atoms with E-state index in [4.69, 9.17) is 0 Å². The molecular weight excluding hydrogens is 298 g/mol. The monoisotopic (exact) mass is 325 g/mol. The lowest BCUT2D eigenvalue weighted by Gasteiger charge is -2.35. The molecule has 0 unspecified atom stereocenters. The van der Waals surface area contributed by atoms with Gasteiger partial charge in [0.2, 0.25) is 0 Å². The van der Waals surface area contributed by atoms with Gasteiger partial charge in [-0.05, 0) is 64.7 Å². The van der Waals surface area contributed by atoms with Gasteiger partial charge >= 0.3 is 6.03 Å². The number of amides is 2. The minimum atomic E-state index is 0.154. The van der Waals surface area contributed by atoms with Crippen LogP contribution >= 0.6 is 0 Å². The quantitative estimate of drug-likeness (QED) is 0.779. The molecule has 1 fully saturated rings. The van der Waals surface area contributed by atoms with E-state index in [1.54, 1.807) is 0 Å². The normalized spacial score (nSPS) is 14.2. The number of pyridine rings is 1. The molecule has 0 radical (unpaired) electrons. The summed E-state index contributed by atoms with van der Waals surface area (Å²) < 4.78 is 0. The number of hydrogen-bond acceptors (Lipinski definition) is 2. The zero-order chi connectivity index (χ0) is 17.5. The summed E-state index contributed by atoms with van der Waals surface area (Å²) in [4.78, 5) is 20.7. The molecule has 2 rings (SSSR count). The first-order valence-corrected chi connectivity index (χ1v) is 8.70. The second-order valence-corrected chi connectivity index (χ2v) is 6.39. The van der Waals surface area contributed by atoms with Crippen LogP contribution in [0.2, 0.25) is 0 Å². The topological polar surface area (TPSA) is 36.4 Å². The Bertz CT molecular complexity index is 657. The Hall–Kier alpha value is -2.28. The van der Waals surface area contributed by atoms with Crippen LogP contribution in [0.5, 0.6) is 0 Å². The van der Waals surface area contributed by atoms with Crippen molar-refractivity contribution in [2.75, 3.05) is 19.6 Å². The summed E-state index contributed by atoms with van der Waals surface area (Å²) in [5, 5.41) is 0. The molecule has 0 spiro atoms. The third kappa shape index (κ3) is 4.86. The predicted molar refractivity (Wildman–Crippen MR) is 97.7 cm³/mol. The molecule has 0 N–H and O–H groups in total. The van der Waals surface area contributed by atoms with E-state index in [0.29, 0.717) is 0 Å². The first-order valence-electron chi connectivity index (χ1n) is 8.70. The second kappa shape index (κ2) is 8.54. The number of allylic oxidation sites excluding steroid dienone is 1. The highest BCUT2D eigenvalue weighted by atomic mass is 16.2. The number of carbonyl (C=O) groups is 1. The van der Waals surface area contributed by atoms with Crippen molar-refractivity contribution in [3.05, 3.63) is 41.2 Å². The highest BCUT2D eigenvalue weighted by Crippen LogP contribution is 2.18. The van der Waals surface area contributed by atoms with Gasteiger partial charge in [-0.2, -0.15) is 0 Å². The van der Waals surface area contributed by atoms with E-state index < -0.39 is 0 Å². The van der Waals surface area contributed by atoms with Crippen LogP contribution < -0.4 is 0 Å². The van der Waals surface area contributed by atoms with Crippen LogP contribution in [0.3, 0.4) is 0 Å². The number of nitrogens with zero attached hydrogens (tertiary/aromatic N) is 3. The van der Waals surface area contributed by atoms with E-state index in [1.807, 2.05) is 47.9 Å². The number of aryl methyl sites for hydroxylation is 1. The molecule has 4 nitrogen and oxygen atoms in total. The molecule has 1 aromatic rings. The van der Waals surface area contributed by atoms with Crippen LogP contribution in [0.15, 0.2) is 29.8 Å². The van der Waals surface area contributed by atoms with E-state index in [2.05, 4.69) is 30.7 Å². The third-order valence-corrected chi connectivity index (χ3v) is 4.25. The lowest BCUT2D eigenvalue weighted by molar-refractivity contribution is 0.139. The molecule has 1 aliphatic heterocycles. The third-order valence-electron chi connectivity index (χ3n) is 4.25. The molecular formula is C20H27N3O. The average Bonchev–Trinajstić information content (AvgIpc) is 2.56. The number of likely N-dealkylation sites (tertiary alicyclic amines) is 1. The fourth-order valence-electron chi connectivity index (χ4n) is 2.86. The van der Waals surface area contributed by atoms with Crippen molar-refractivity contribution in [1.82, 2.24) is 14.8 Å². The average molecular weight is 325 g/mol. The van der Waals surface area contributed by atoms with Crippen LogP contribution in [0.25, 0.3) is 0 Å². The van der Waals surface area contributed by atoms with Crippen molar-refractivity contribution in [1.29, 1.82) is 0 Å². The molecule has 2 amide bonds. The Labute approximate surface area is 145 Å². The van der Waals surface area contributed by atoms with Gasteiger partial charge in [0, 0.05) is 31.4 Å². The Balaban J connectivity index is 1.92. The second-order valence-electron chi connectivity index (χ2n) is 6.39. The first kappa shape index (κ1) is 18.1. The predicted octanol–water partition coefficient (Wildman–Crippen LogP) is 3.61. The molecule has 2 heterocycles. The van der Waals surface area contributed by atoms with E-state index in [-0.39, 0.29) is 12.1 Å². The fourth-order valence-corrected chi connectivity index (χ4v) is 2.86. The molecule has 1 saturated heterocycles. The summed E-state index contributed by atoms with van der Waals surface area (Å²) in [6.45, 7) is 10.4. The molecule has 0 bridgehead atoms. The van der Waals surface area contributed by atoms with Gasteiger partial charge in [-0.1, -0.05) is 17.6 Å². The molecule has 128 valence electrons. The van der Waals surface area contributed by atoms with Crippen molar-refractivity contribution >= 4 is 6.03 Å². The van der Waals surface area contributed by atoms with E-state index in [1.165, 1.54) is 5.57 Å². The molecule has 1 aliphatic rings. The van der Waals surface area contributed by atoms with Crippen molar-refractivity contribution in [3.63, 3.8) is 0 Å². The van der Waals surface area contributed by atoms with Crippen LogP contribution in [-0.2, 0) is 0 Å². The highest BCUT2D eigenvalue weighted by molar-refractivity contribution is 5.75. The summed E-state index contributed by atoms with van der Waals surface area (Å²) >= 11 is 0. The standard InChI is InChI=1S/C20H27N3O/c1-5-23(16(2)3)20(24)22-14-12-18(13-15-22)9-7-11-19-10-6-8-17(4)21-19/h6,8-10,16H,5,12-15H2,1-4H3. The van der Waals surface area contributed by atoms with Gasteiger partial charge in [0.15, 0.2) is 0 Å². The number of piperidine rings is 1. The van der Waals surface area contributed by atoms with Crippen molar-refractivity contribution in [3.8, 4) is 11.8 Å². The largest absolute Gasteiger partial charge is 0.324 e. The SMILES string of the molecule is CCN(C(=O)N1CCC(=CC#Cc2cccc(C)n2)CC1)C(C)C. The summed E-state index contributed by atoms with van der Waals surface area (Å²) in [5.41, 5.74) is 3.09. The van der Waals surface area contributed by atoms with Crippen LogP contribution in [-0.4, -0.2) is 46.5 Å². The first-order chi connectivity index (χ1) is 11.5. The van der Waals surface area contributed by atoms with Gasteiger partial charge in [0.05, 0.1) is 0 Å². The van der Waals surface area contributed by atoms with Gasteiger partial charge < -0.3 is 9.80 Å². The van der Waals surface area contributed by atoms with Gasteiger partial charge in [-0.25, -0.2) is 9.78 Å². The summed E-state index contributed by atoms with van der Waals surface area (Å²) in [7, 11) is 0. The molecule has 0 atom stereocenters. The summed E-state index contributed by atoms with van der Waals surface area (Å²) in [5.74, 6) is 6.19. The maximum absolute atomic E-state index is 12.5. The van der Waals surface area contributed by atoms with Gasteiger partial charge in [0.25, 0.3) is 0 Å². The van der Waals surface area contributed by atoms with Crippen LogP contribution in [0.1, 0.15) is 45.0 Å². The molecule has 0 aromatic carbocycles. The number of carbonyl (C=O) groups excluding carboxylic acids is 1. The smallest absolute Gasteiger partial charge is 0.320 e. The number of aromatic nitrogens is 1. The molecule has 0 aliphatic carbocycles. The zero-order valence-corrected chi connectivity index (χ0v) is 15.2. The van der Waals surface area contributed by atoms with E-state index >= 15 is 0 Å². The summed E-state index contributed by atoms with van der Waals surface area (Å²) in [6.07, 6.45) is 3.79. The lowest BCUT2D eigenvalue weighted by atomic mass is 10.0. The lowest BCUT2D eigenvalue weighted by Crippen LogP contribution is -2.48. The highest BCUT2D eigenvalue weighted by Gasteiger charge is 2.24. The van der Waals surface area contributed by atoms with Gasteiger partial charge in [-0.15, -0.1) is 0 Å². The Morgan fingerprint density at radius 3 is 2.67 bits per heavy atom. The van der Waals surface area contributed by atoms with Gasteiger partial charge in [-0.3, -0.25) is 0 Å². The van der Waals surface area contributed by atoms with E-state index in [9.17, 15) is 4.79 Å². The Morgan fingerprint density at radius 2 is 2.08 bits per heavy atom. The van der Waals surface area contributed by atoms with Crippen molar-refractivity contribution in [2.24, 2.45) is 0 Å². The molecule has 0 saturated carbocycles. The maximum atomic E-state index is 12.5. The minimum Gasteiger partial charge on any atom is -0.324 e. The Kier molecular flexibility index (Phi) is 6.43. The Morgan fingerprint density at radius 1 is 1.38 bits per heavy atom. The number of hydrogen-bond donors (Lipinski definition) is 0. The number of rotatable bonds is 2. The van der Waals surface area contributed by atoms with Crippen molar-refractivity contribution in [2.45, 2.75) is 46.6 Å². The minimum absolute atomic E-state index is 0.154. The number of urea groups is 1. The fraction of sp³-hybridized carbons (Fsp3) is 0.500. The maximum Gasteiger partial charge on any atom is 0.320 e. The van der Waals surface area contributed by atoms with Gasteiger partial charge in [0.1, 0.15) is 5.69 Å². The van der Waals surface area contributed by atoms with E-state index in [0.717, 1.165) is 43.9 Å². The molecule has 4 heteroatoms. The van der Waals surface area contributed by atoms with Crippen molar-refractivity contribution < 1.29 is 4.79 Å².